The van der Waals surface area contributed by atoms with Gasteiger partial charge < -0.3 is 5.11 Å². The zero-order chi connectivity index (χ0) is 19.7. The number of hydrogen-bond donors (Lipinski definition) is 1. The van der Waals surface area contributed by atoms with E-state index in [9.17, 15) is 61.5 Å². The molecule has 0 radical (unpaired) electrons. The molecule has 0 aromatic rings. The van der Waals surface area contributed by atoms with Crippen LogP contribution in [0, 0.1) is 0 Å². The Kier molecular flexibility index (Phi) is 6.97. The molecule has 1 nitrogen and oxygen atoms in total. The van der Waals surface area contributed by atoms with Gasteiger partial charge in [0.05, 0.1) is 0 Å². The third-order valence-corrected chi connectivity index (χ3v) is 1.98. The molecular formula is C8H4F14O. The van der Waals surface area contributed by atoms with Crippen LogP contribution >= 0.6 is 0 Å². The molecule has 0 saturated heterocycles. The van der Waals surface area contributed by atoms with Crippen LogP contribution in [-0.2, 0) is 0 Å². The van der Waals surface area contributed by atoms with Crippen LogP contribution in [0.15, 0.2) is 11.9 Å². The van der Waals surface area contributed by atoms with Crippen LogP contribution in [0.5, 0.6) is 0 Å². The van der Waals surface area contributed by atoms with Gasteiger partial charge in [-0.15, -0.1) is 0 Å². The smallest absolute Gasteiger partial charge is 0.400 e. The summed E-state index contributed by atoms with van der Waals surface area (Å²) in [6.45, 7) is 0. The van der Waals surface area contributed by atoms with Gasteiger partial charge in [0.15, 0.2) is 0 Å². The molecule has 0 spiro atoms. The summed E-state index contributed by atoms with van der Waals surface area (Å²) in [5.41, 5.74) is 0. The number of hydrogen-bond acceptors (Lipinski definition) is 1. The average Bonchev–Trinajstić information content (AvgIpc) is 2.37. The third-order valence-electron chi connectivity index (χ3n) is 1.98. The van der Waals surface area contributed by atoms with Gasteiger partial charge in [-0.3, -0.25) is 0 Å². The molecule has 23 heavy (non-hydrogen) atoms. The maximum atomic E-state index is 12.5. The van der Waals surface area contributed by atoms with Crippen molar-refractivity contribution in [3.8, 4) is 0 Å². The van der Waals surface area contributed by atoms with Crippen molar-refractivity contribution in [2.45, 2.75) is 29.9 Å². The van der Waals surface area contributed by atoms with Crippen molar-refractivity contribution in [3.63, 3.8) is 0 Å². The number of halogens is 14. The highest BCUT2D eigenvalue weighted by atomic mass is 19.4. The molecule has 0 aromatic carbocycles. The van der Waals surface area contributed by atoms with E-state index in [0.29, 0.717) is 0 Å². The molecule has 0 aliphatic carbocycles. The second-order valence-corrected chi connectivity index (χ2v) is 3.37. The molecule has 0 atom stereocenters. The molecule has 1 N–H and O–H groups in total. The van der Waals surface area contributed by atoms with Gasteiger partial charge in [-0.25, -0.2) is 0 Å². The van der Waals surface area contributed by atoms with Crippen LogP contribution in [0.4, 0.5) is 61.5 Å². The van der Waals surface area contributed by atoms with Crippen LogP contribution in [0.2, 0.25) is 0 Å². The SMILES string of the molecule is CO.FC(F)=C(F)C(F)(F)C(F)(F)C(F)(F)C(F)(F)C(F)(F)F. The molecule has 0 fully saturated rings. The predicted octanol–water partition coefficient (Wildman–Crippen LogP) is 4.78. The van der Waals surface area contributed by atoms with Gasteiger partial charge in [0.25, 0.3) is 0 Å². The van der Waals surface area contributed by atoms with Crippen LogP contribution in [0.25, 0.3) is 0 Å². The van der Waals surface area contributed by atoms with Gasteiger partial charge in [0.2, 0.25) is 5.83 Å². The lowest BCUT2D eigenvalue weighted by Gasteiger charge is -2.36. The summed E-state index contributed by atoms with van der Waals surface area (Å²) in [5, 5.41) is 7.00. The predicted molar refractivity (Wildman–Crippen MR) is 44.3 cm³/mol. The first-order chi connectivity index (χ1) is 9.85. The van der Waals surface area contributed by atoms with Crippen molar-refractivity contribution < 1.29 is 66.6 Å². The van der Waals surface area contributed by atoms with Crippen molar-refractivity contribution in [2.75, 3.05) is 7.11 Å². The molecule has 0 bridgehead atoms. The highest BCUT2D eigenvalue weighted by Crippen LogP contribution is 2.59. The van der Waals surface area contributed by atoms with Crippen molar-refractivity contribution in [2.24, 2.45) is 0 Å². The van der Waals surface area contributed by atoms with E-state index in [-0.39, 0.29) is 0 Å². The molecule has 140 valence electrons. The molecule has 0 saturated carbocycles. The Labute approximate surface area is 117 Å². The average molecular weight is 382 g/mol. The molecule has 0 aromatic heterocycles. The van der Waals surface area contributed by atoms with Gasteiger partial charge in [-0.2, -0.15) is 61.5 Å². The lowest BCUT2D eigenvalue weighted by molar-refractivity contribution is -0.419. The maximum Gasteiger partial charge on any atom is 0.460 e. The number of aliphatic hydroxyl groups excluding tert-OH is 1. The summed E-state index contributed by atoms with van der Waals surface area (Å²) >= 11 is 0. The molecule has 15 heteroatoms. The van der Waals surface area contributed by atoms with Gasteiger partial charge in [0.1, 0.15) is 0 Å². The second-order valence-electron chi connectivity index (χ2n) is 3.37. The maximum absolute atomic E-state index is 12.5. The van der Waals surface area contributed by atoms with Crippen LogP contribution < -0.4 is 0 Å². The van der Waals surface area contributed by atoms with Gasteiger partial charge in [-0.05, 0) is 0 Å². The number of allylic oxidation sites excluding steroid dienone is 1. The van der Waals surface area contributed by atoms with E-state index in [1.807, 2.05) is 0 Å². The van der Waals surface area contributed by atoms with Crippen LogP contribution in [0.3, 0.4) is 0 Å². The largest absolute Gasteiger partial charge is 0.460 e. The third kappa shape index (κ3) is 3.63. The summed E-state index contributed by atoms with van der Waals surface area (Å²) in [6, 6.07) is 0. The first kappa shape index (κ1) is 24.0. The topological polar surface area (TPSA) is 20.2 Å². The fourth-order valence-electron chi connectivity index (χ4n) is 0.829. The van der Waals surface area contributed by atoms with Crippen molar-refractivity contribution in [1.82, 2.24) is 0 Å². The fourth-order valence-corrected chi connectivity index (χ4v) is 0.829. The summed E-state index contributed by atoms with van der Waals surface area (Å²) in [4.78, 5) is 0. The summed E-state index contributed by atoms with van der Waals surface area (Å²) in [5.74, 6) is -35.4. The Balaban J connectivity index is 0. The first-order valence-corrected chi connectivity index (χ1v) is 4.59. The molecule has 0 amide bonds. The zero-order valence-electron chi connectivity index (χ0n) is 10.2. The van der Waals surface area contributed by atoms with E-state index in [1.54, 1.807) is 0 Å². The van der Waals surface area contributed by atoms with E-state index in [4.69, 9.17) is 5.11 Å². The second kappa shape index (κ2) is 6.68. The van der Waals surface area contributed by atoms with E-state index in [0.717, 1.165) is 7.11 Å². The van der Waals surface area contributed by atoms with Gasteiger partial charge in [0, 0.05) is 7.11 Å². The Hall–Kier alpha value is -1.28. The zero-order valence-corrected chi connectivity index (χ0v) is 10.2. The number of alkyl halides is 11. The van der Waals surface area contributed by atoms with Crippen LogP contribution in [-0.4, -0.2) is 42.1 Å². The fraction of sp³-hybridized carbons (Fsp3) is 0.750. The molecule has 0 heterocycles. The molecule has 0 aliphatic rings. The minimum Gasteiger partial charge on any atom is -0.400 e. The summed E-state index contributed by atoms with van der Waals surface area (Å²) in [6.07, 6.45) is -11.7. The Morgan fingerprint density at radius 3 is 1.09 bits per heavy atom. The summed E-state index contributed by atoms with van der Waals surface area (Å²) < 4.78 is 169. The molecular weight excluding hydrogens is 378 g/mol. The Morgan fingerprint density at radius 2 is 0.870 bits per heavy atom. The minimum absolute atomic E-state index is 1.00. The quantitative estimate of drug-likeness (QED) is 0.695. The molecule has 0 aliphatic heterocycles. The number of aliphatic hydroxyl groups is 1. The number of rotatable bonds is 4. The van der Waals surface area contributed by atoms with E-state index < -0.39 is 41.8 Å². The first-order valence-electron chi connectivity index (χ1n) is 4.59. The highest BCUT2D eigenvalue weighted by Gasteiger charge is 2.88. The normalized spacial score (nSPS) is 14.1. The van der Waals surface area contributed by atoms with Gasteiger partial charge in [-0.1, -0.05) is 0 Å². The van der Waals surface area contributed by atoms with Crippen molar-refractivity contribution in [3.05, 3.63) is 11.9 Å². The monoisotopic (exact) mass is 382 g/mol. The Bertz CT molecular complexity index is 429. The Morgan fingerprint density at radius 1 is 0.565 bits per heavy atom. The van der Waals surface area contributed by atoms with Crippen molar-refractivity contribution in [1.29, 1.82) is 0 Å². The lowest BCUT2D eigenvalue weighted by atomic mass is 9.97. The van der Waals surface area contributed by atoms with E-state index in [1.165, 1.54) is 0 Å². The van der Waals surface area contributed by atoms with Crippen LogP contribution in [0.1, 0.15) is 0 Å². The van der Waals surface area contributed by atoms with E-state index >= 15 is 0 Å². The van der Waals surface area contributed by atoms with Gasteiger partial charge >= 0.3 is 35.9 Å². The lowest BCUT2D eigenvalue weighted by Crippen LogP contribution is -2.66. The van der Waals surface area contributed by atoms with Crippen molar-refractivity contribution >= 4 is 0 Å². The summed E-state index contributed by atoms with van der Waals surface area (Å²) in [7, 11) is 1.00. The molecule has 0 rings (SSSR count). The standard InChI is InChI=1S/C7F14.CH4O/c8-1(2(9)10)3(11,12)4(13,14)5(15,16)6(17,18)7(19,20)21;1-2/h;2H,1H3. The molecule has 0 unspecified atom stereocenters. The van der Waals surface area contributed by atoms with E-state index in [2.05, 4.69) is 0 Å². The minimum atomic E-state index is -7.92. The highest BCUT2D eigenvalue weighted by molar-refractivity contribution is 5.17.